The largest absolute Gasteiger partial charge is 0.480 e. The number of carbonyl (C=O) groups is 2. The van der Waals surface area contributed by atoms with Crippen LogP contribution < -0.4 is 10.6 Å². The van der Waals surface area contributed by atoms with Gasteiger partial charge in [-0.1, -0.05) is 0 Å². The summed E-state index contributed by atoms with van der Waals surface area (Å²) in [6, 6.07) is -1.14. The summed E-state index contributed by atoms with van der Waals surface area (Å²) in [5, 5.41) is 22.7. The van der Waals surface area contributed by atoms with Crippen LogP contribution in [-0.2, 0) is 9.59 Å². The van der Waals surface area contributed by atoms with Gasteiger partial charge in [0, 0.05) is 0 Å². The highest BCUT2D eigenvalue weighted by Crippen LogP contribution is 1.84. The van der Waals surface area contributed by atoms with Gasteiger partial charge in [-0.25, -0.2) is 0 Å². The number of aliphatic carboxylic acids is 2. The molecule has 0 saturated carbocycles. The van der Waals surface area contributed by atoms with E-state index >= 15 is 0 Å². The molecule has 0 aromatic rings. The predicted molar refractivity (Wildman–Crippen MR) is 54.8 cm³/mol. The highest BCUT2D eigenvalue weighted by Gasteiger charge is 2.10. The molecule has 0 bridgehead atoms. The molecule has 0 aromatic heterocycles. The molecule has 0 aromatic carbocycles. The monoisotopic (exact) mass is 218 g/mol. The van der Waals surface area contributed by atoms with Crippen LogP contribution in [0.25, 0.3) is 0 Å². The lowest BCUT2D eigenvalue weighted by atomic mass is 10.3. The quantitative estimate of drug-likeness (QED) is 0.410. The molecule has 0 aliphatic heterocycles. The normalized spacial score (nSPS) is 14.5. The number of hydrogen-bond donors (Lipinski definition) is 4. The van der Waals surface area contributed by atoms with Crippen molar-refractivity contribution in [3.8, 4) is 0 Å². The third kappa shape index (κ3) is 6.87. The van der Waals surface area contributed by atoms with Crippen LogP contribution in [0, 0.1) is 0 Å². The molecule has 0 fully saturated rings. The van der Waals surface area contributed by atoms with Crippen molar-refractivity contribution in [1.82, 2.24) is 10.6 Å². The molecule has 0 amide bonds. The molecular weight excluding hydrogens is 200 g/mol. The fourth-order valence-electron chi connectivity index (χ4n) is 0.900. The lowest BCUT2D eigenvalue weighted by Gasteiger charge is -2.11. The molecule has 4 N–H and O–H groups in total. The van der Waals surface area contributed by atoms with E-state index in [1.807, 2.05) is 0 Å². The predicted octanol–water partition coefficient (Wildman–Crippen LogP) is -0.498. The molecule has 0 heterocycles. The Morgan fingerprint density at radius 2 is 1.33 bits per heavy atom. The number of rotatable bonds is 8. The molecule has 0 radical (unpaired) electrons. The van der Waals surface area contributed by atoms with E-state index in [1.165, 1.54) is 0 Å². The van der Waals surface area contributed by atoms with Crippen molar-refractivity contribution in [2.75, 3.05) is 13.1 Å². The molecule has 0 spiro atoms. The Hall–Kier alpha value is -1.14. The van der Waals surface area contributed by atoms with Gasteiger partial charge in [-0.05, 0) is 33.4 Å². The lowest BCUT2D eigenvalue weighted by Crippen LogP contribution is -2.38. The highest BCUT2D eigenvalue weighted by atomic mass is 16.4. The van der Waals surface area contributed by atoms with Crippen molar-refractivity contribution in [2.45, 2.75) is 32.4 Å². The minimum atomic E-state index is -0.887. The van der Waals surface area contributed by atoms with Crippen LogP contribution >= 0.6 is 0 Å². The van der Waals surface area contributed by atoms with E-state index in [9.17, 15) is 9.59 Å². The first kappa shape index (κ1) is 13.9. The Bertz CT molecular complexity index is 198. The van der Waals surface area contributed by atoms with E-state index in [0.29, 0.717) is 19.5 Å². The van der Waals surface area contributed by atoms with Gasteiger partial charge in [0.05, 0.1) is 0 Å². The Kier molecular flexibility index (Phi) is 6.64. The van der Waals surface area contributed by atoms with Gasteiger partial charge in [-0.3, -0.25) is 9.59 Å². The molecule has 0 saturated heterocycles. The van der Waals surface area contributed by atoms with Crippen LogP contribution in [0.3, 0.4) is 0 Å². The molecule has 0 rings (SSSR count). The Balaban J connectivity index is 3.40. The first-order valence-corrected chi connectivity index (χ1v) is 4.87. The van der Waals surface area contributed by atoms with Crippen LogP contribution in [0.1, 0.15) is 20.3 Å². The zero-order chi connectivity index (χ0) is 11.8. The van der Waals surface area contributed by atoms with E-state index in [0.717, 1.165) is 0 Å². The average Bonchev–Trinajstić information content (AvgIpc) is 2.16. The van der Waals surface area contributed by atoms with Crippen LogP contribution in [0.15, 0.2) is 0 Å². The maximum Gasteiger partial charge on any atom is 0.320 e. The molecule has 2 atom stereocenters. The number of carboxylic acid groups (broad SMARTS) is 2. The van der Waals surface area contributed by atoms with Gasteiger partial charge in [0.15, 0.2) is 0 Å². The molecule has 15 heavy (non-hydrogen) atoms. The molecule has 88 valence electrons. The molecule has 6 nitrogen and oxygen atoms in total. The standard InChI is InChI=1S/C9H18N2O4/c1-6(8(12)13)10-4-3-5-11-7(2)9(14)15/h6-7,10-11H,3-5H2,1-2H3,(H,12,13)(H,14,15)/t6-,7-/m0/s1. The Labute approximate surface area is 88.7 Å². The fraction of sp³-hybridized carbons (Fsp3) is 0.778. The van der Waals surface area contributed by atoms with Crippen molar-refractivity contribution in [3.05, 3.63) is 0 Å². The SMILES string of the molecule is C[C@H](NCCCN[C@@H](C)C(=O)O)C(=O)O. The second kappa shape index (κ2) is 7.19. The van der Waals surface area contributed by atoms with Gasteiger partial charge in [-0.15, -0.1) is 0 Å². The molecule has 0 aliphatic carbocycles. The minimum absolute atomic E-state index is 0.548. The Morgan fingerprint density at radius 3 is 1.60 bits per heavy atom. The summed E-state index contributed by atoms with van der Waals surface area (Å²) < 4.78 is 0. The van der Waals surface area contributed by atoms with Crippen LogP contribution in [0.2, 0.25) is 0 Å². The van der Waals surface area contributed by atoms with Gasteiger partial charge >= 0.3 is 11.9 Å². The summed E-state index contributed by atoms with van der Waals surface area (Å²) in [6.45, 7) is 4.23. The van der Waals surface area contributed by atoms with E-state index in [2.05, 4.69) is 10.6 Å². The van der Waals surface area contributed by atoms with Gasteiger partial charge in [0.2, 0.25) is 0 Å². The van der Waals surface area contributed by atoms with Crippen LogP contribution in [0.4, 0.5) is 0 Å². The molecule has 6 heteroatoms. The van der Waals surface area contributed by atoms with E-state index in [1.54, 1.807) is 13.8 Å². The first-order chi connectivity index (χ1) is 6.95. The summed E-state index contributed by atoms with van der Waals surface area (Å²) in [4.78, 5) is 20.8. The summed E-state index contributed by atoms with van der Waals surface area (Å²) >= 11 is 0. The van der Waals surface area contributed by atoms with Crippen molar-refractivity contribution in [1.29, 1.82) is 0 Å². The molecule has 0 aliphatic rings. The van der Waals surface area contributed by atoms with Crippen molar-refractivity contribution < 1.29 is 19.8 Å². The van der Waals surface area contributed by atoms with E-state index in [4.69, 9.17) is 10.2 Å². The third-order valence-corrected chi connectivity index (χ3v) is 2.00. The smallest absolute Gasteiger partial charge is 0.320 e. The van der Waals surface area contributed by atoms with Gasteiger partial charge in [0.25, 0.3) is 0 Å². The van der Waals surface area contributed by atoms with E-state index in [-0.39, 0.29) is 0 Å². The highest BCUT2D eigenvalue weighted by molar-refractivity contribution is 5.73. The maximum absolute atomic E-state index is 10.4. The van der Waals surface area contributed by atoms with Gasteiger partial charge in [-0.2, -0.15) is 0 Å². The maximum atomic E-state index is 10.4. The summed E-state index contributed by atoms with van der Waals surface area (Å²) in [7, 11) is 0. The van der Waals surface area contributed by atoms with Crippen molar-refractivity contribution >= 4 is 11.9 Å². The Morgan fingerprint density at radius 1 is 1.00 bits per heavy atom. The van der Waals surface area contributed by atoms with Crippen molar-refractivity contribution in [2.24, 2.45) is 0 Å². The zero-order valence-corrected chi connectivity index (χ0v) is 8.99. The molecular formula is C9H18N2O4. The third-order valence-electron chi connectivity index (χ3n) is 2.00. The van der Waals surface area contributed by atoms with Crippen molar-refractivity contribution in [3.63, 3.8) is 0 Å². The average molecular weight is 218 g/mol. The summed E-state index contributed by atoms with van der Waals surface area (Å²) in [5.41, 5.74) is 0. The van der Waals surface area contributed by atoms with Crippen LogP contribution in [-0.4, -0.2) is 47.3 Å². The number of carboxylic acids is 2. The van der Waals surface area contributed by atoms with E-state index < -0.39 is 24.0 Å². The summed E-state index contributed by atoms with van der Waals surface area (Å²) in [6.07, 6.45) is 0.690. The second-order valence-corrected chi connectivity index (χ2v) is 3.38. The number of hydrogen-bond acceptors (Lipinski definition) is 4. The summed E-state index contributed by atoms with van der Waals surface area (Å²) in [5.74, 6) is -1.77. The first-order valence-electron chi connectivity index (χ1n) is 4.87. The zero-order valence-electron chi connectivity index (χ0n) is 8.99. The van der Waals surface area contributed by atoms with Crippen LogP contribution in [0.5, 0.6) is 0 Å². The topological polar surface area (TPSA) is 98.7 Å². The number of nitrogens with one attached hydrogen (secondary N) is 2. The second-order valence-electron chi connectivity index (χ2n) is 3.38. The molecule has 0 unspecified atom stereocenters. The minimum Gasteiger partial charge on any atom is -0.480 e. The van der Waals surface area contributed by atoms with Gasteiger partial charge < -0.3 is 20.8 Å². The lowest BCUT2D eigenvalue weighted by molar-refractivity contribution is -0.139. The van der Waals surface area contributed by atoms with Gasteiger partial charge in [0.1, 0.15) is 12.1 Å². The fourth-order valence-corrected chi connectivity index (χ4v) is 0.900.